The third-order valence-corrected chi connectivity index (χ3v) is 7.47. The van der Waals surface area contributed by atoms with Crippen molar-refractivity contribution in [3.8, 4) is 0 Å². The first kappa shape index (κ1) is 43.3. The van der Waals surface area contributed by atoms with Crippen LogP contribution in [0.5, 0.6) is 0 Å². The minimum Gasteiger partial charge on any atom is -0.462 e. The minimum atomic E-state index is -0.787. The zero-order valence-electron chi connectivity index (χ0n) is 29.6. The molecule has 0 spiro atoms. The van der Waals surface area contributed by atoms with Crippen LogP contribution in [0.4, 0.5) is 0 Å². The number of unbranched alkanes of at least 4 members (excludes halogenated alkanes) is 12. The van der Waals surface area contributed by atoms with E-state index in [1.54, 1.807) is 0 Å². The smallest absolute Gasteiger partial charge is 0.306 e. The SMILES string of the molecule is CC/C=C\C/C=C\C/C=C\C/C=C\CCCCCCCCC(=O)OC(CO)COC(=O)CCCCCCC/C=C\C/C=C\CCC. The highest BCUT2D eigenvalue weighted by Crippen LogP contribution is 2.11. The molecule has 0 aliphatic rings. The Labute approximate surface area is 283 Å². The van der Waals surface area contributed by atoms with Crippen molar-refractivity contribution in [2.24, 2.45) is 0 Å². The zero-order chi connectivity index (χ0) is 33.6. The number of aliphatic hydroxyl groups is 1. The van der Waals surface area contributed by atoms with E-state index in [1.165, 1.54) is 38.5 Å². The van der Waals surface area contributed by atoms with Crippen LogP contribution in [0.1, 0.15) is 155 Å². The Hall–Kier alpha value is -2.66. The van der Waals surface area contributed by atoms with Gasteiger partial charge in [0.2, 0.25) is 0 Å². The van der Waals surface area contributed by atoms with Gasteiger partial charge in [0.25, 0.3) is 0 Å². The van der Waals surface area contributed by atoms with Gasteiger partial charge in [0, 0.05) is 12.8 Å². The molecule has 0 aromatic carbocycles. The number of esters is 2. The second-order valence-corrected chi connectivity index (χ2v) is 11.9. The monoisotopic (exact) mass is 641 g/mol. The fourth-order valence-electron chi connectivity index (χ4n) is 4.70. The topological polar surface area (TPSA) is 72.8 Å². The quantitative estimate of drug-likeness (QED) is 0.0450. The molecule has 262 valence electrons. The van der Waals surface area contributed by atoms with Crippen LogP contribution in [0.3, 0.4) is 0 Å². The number of hydrogen-bond donors (Lipinski definition) is 1. The van der Waals surface area contributed by atoms with E-state index in [4.69, 9.17) is 9.47 Å². The maximum Gasteiger partial charge on any atom is 0.306 e. The summed E-state index contributed by atoms with van der Waals surface area (Å²) in [5.41, 5.74) is 0. The van der Waals surface area contributed by atoms with Crippen LogP contribution in [-0.4, -0.2) is 36.4 Å². The van der Waals surface area contributed by atoms with Gasteiger partial charge in [-0.15, -0.1) is 0 Å². The molecule has 1 unspecified atom stereocenters. The van der Waals surface area contributed by atoms with Crippen molar-refractivity contribution in [3.63, 3.8) is 0 Å². The van der Waals surface area contributed by atoms with Gasteiger partial charge in [-0.25, -0.2) is 0 Å². The molecule has 0 aliphatic heterocycles. The van der Waals surface area contributed by atoms with E-state index in [1.807, 2.05) is 0 Å². The molecule has 5 nitrogen and oxygen atoms in total. The summed E-state index contributed by atoms with van der Waals surface area (Å²) in [6, 6.07) is 0. The molecule has 1 N–H and O–H groups in total. The van der Waals surface area contributed by atoms with Crippen LogP contribution in [-0.2, 0) is 19.1 Å². The highest BCUT2D eigenvalue weighted by molar-refractivity contribution is 5.70. The standard InChI is InChI=1S/C41H68O5/c1-3-5-7-9-11-13-15-17-18-19-20-21-22-24-26-28-30-32-34-36-41(44)46-39(37-42)38-45-40(43)35-33-31-29-27-25-23-16-14-12-10-8-6-4-2/h5,7-8,10-11,13-14,16-18,20-21,39,42H,3-4,6,9,12,15,19,22-38H2,1-2H3/b7-5-,10-8-,13-11-,16-14-,18-17-,21-20-. The fraction of sp³-hybridized carbons (Fsp3) is 0.659. The van der Waals surface area contributed by atoms with Crippen molar-refractivity contribution >= 4 is 11.9 Å². The summed E-state index contributed by atoms with van der Waals surface area (Å²) in [6.45, 7) is 3.91. The summed E-state index contributed by atoms with van der Waals surface area (Å²) in [4.78, 5) is 24.2. The molecule has 0 radical (unpaired) electrons. The van der Waals surface area contributed by atoms with Crippen LogP contribution in [0.2, 0.25) is 0 Å². The summed E-state index contributed by atoms with van der Waals surface area (Å²) in [5.74, 6) is -0.632. The normalized spacial score (nSPS) is 13.0. The lowest BCUT2D eigenvalue weighted by Crippen LogP contribution is -2.28. The number of ether oxygens (including phenoxy) is 2. The number of hydrogen-bond acceptors (Lipinski definition) is 5. The highest BCUT2D eigenvalue weighted by atomic mass is 16.6. The second kappa shape index (κ2) is 36.8. The van der Waals surface area contributed by atoms with Gasteiger partial charge >= 0.3 is 11.9 Å². The van der Waals surface area contributed by atoms with E-state index in [9.17, 15) is 14.7 Å². The molecule has 0 bridgehead atoms. The van der Waals surface area contributed by atoms with E-state index in [0.717, 1.165) is 89.9 Å². The molecule has 0 fully saturated rings. The van der Waals surface area contributed by atoms with Gasteiger partial charge in [-0.1, -0.05) is 138 Å². The van der Waals surface area contributed by atoms with Crippen molar-refractivity contribution < 1.29 is 24.2 Å². The molecular formula is C41H68O5. The van der Waals surface area contributed by atoms with Crippen LogP contribution in [0, 0.1) is 0 Å². The second-order valence-electron chi connectivity index (χ2n) is 11.9. The molecule has 5 heteroatoms. The maximum atomic E-state index is 12.1. The van der Waals surface area contributed by atoms with Gasteiger partial charge < -0.3 is 14.6 Å². The van der Waals surface area contributed by atoms with Crippen molar-refractivity contribution in [3.05, 3.63) is 72.9 Å². The maximum absolute atomic E-state index is 12.1. The number of aliphatic hydroxyl groups excluding tert-OH is 1. The van der Waals surface area contributed by atoms with Crippen molar-refractivity contribution in [1.29, 1.82) is 0 Å². The van der Waals surface area contributed by atoms with Crippen LogP contribution in [0.25, 0.3) is 0 Å². The summed E-state index contributed by atoms with van der Waals surface area (Å²) < 4.78 is 10.6. The van der Waals surface area contributed by atoms with Crippen molar-refractivity contribution in [2.75, 3.05) is 13.2 Å². The molecule has 0 heterocycles. The third-order valence-electron chi connectivity index (χ3n) is 7.47. The lowest BCUT2D eigenvalue weighted by Gasteiger charge is -2.15. The number of allylic oxidation sites excluding steroid dienone is 12. The lowest BCUT2D eigenvalue weighted by atomic mass is 10.1. The fourth-order valence-corrected chi connectivity index (χ4v) is 4.70. The van der Waals surface area contributed by atoms with E-state index < -0.39 is 6.10 Å². The highest BCUT2D eigenvalue weighted by Gasteiger charge is 2.16. The van der Waals surface area contributed by atoms with E-state index in [2.05, 4.69) is 86.8 Å². The number of carbonyl (C=O) groups is 2. The lowest BCUT2D eigenvalue weighted by molar-refractivity contribution is -0.161. The van der Waals surface area contributed by atoms with E-state index >= 15 is 0 Å². The van der Waals surface area contributed by atoms with Gasteiger partial charge in [-0.3, -0.25) is 9.59 Å². The molecule has 0 rings (SSSR count). The predicted molar refractivity (Wildman–Crippen MR) is 196 cm³/mol. The first-order valence-corrected chi connectivity index (χ1v) is 18.5. The van der Waals surface area contributed by atoms with Crippen molar-refractivity contribution in [1.82, 2.24) is 0 Å². The van der Waals surface area contributed by atoms with E-state index in [0.29, 0.717) is 12.8 Å². The van der Waals surface area contributed by atoms with Crippen LogP contribution < -0.4 is 0 Å². The largest absolute Gasteiger partial charge is 0.462 e. The summed E-state index contributed by atoms with van der Waals surface area (Å²) in [5, 5.41) is 9.53. The number of carbonyl (C=O) groups excluding carboxylic acids is 2. The van der Waals surface area contributed by atoms with Gasteiger partial charge in [0.05, 0.1) is 6.61 Å². The summed E-state index contributed by atoms with van der Waals surface area (Å²) in [6.07, 6.45) is 48.1. The zero-order valence-corrected chi connectivity index (χ0v) is 29.6. The average molecular weight is 641 g/mol. The molecule has 0 aliphatic carbocycles. The minimum absolute atomic E-state index is 0.0830. The summed E-state index contributed by atoms with van der Waals surface area (Å²) in [7, 11) is 0. The third kappa shape index (κ3) is 34.2. The van der Waals surface area contributed by atoms with Gasteiger partial charge in [-0.2, -0.15) is 0 Å². The Morgan fingerprint density at radius 2 is 0.935 bits per heavy atom. The Kier molecular flexibility index (Phi) is 34.7. The molecule has 0 aromatic heterocycles. The van der Waals surface area contributed by atoms with Gasteiger partial charge in [0.15, 0.2) is 6.10 Å². The molecule has 0 saturated carbocycles. The molecule has 0 aromatic rings. The first-order valence-electron chi connectivity index (χ1n) is 18.5. The summed E-state index contributed by atoms with van der Waals surface area (Å²) >= 11 is 0. The van der Waals surface area contributed by atoms with Crippen LogP contribution in [0.15, 0.2) is 72.9 Å². The average Bonchev–Trinajstić information content (AvgIpc) is 3.06. The van der Waals surface area contributed by atoms with Gasteiger partial charge in [0.1, 0.15) is 6.61 Å². The van der Waals surface area contributed by atoms with Gasteiger partial charge in [-0.05, 0) is 77.0 Å². The predicted octanol–water partition coefficient (Wildman–Crippen LogP) is 11.4. The Balaban J connectivity index is 3.64. The van der Waals surface area contributed by atoms with E-state index in [-0.39, 0.29) is 25.2 Å². The molecule has 46 heavy (non-hydrogen) atoms. The van der Waals surface area contributed by atoms with Crippen molar-refractivity contribution in [2.45, 2.75) is 161 Å². The van der Waals surface area contributed by atoms with Crippen LogP contribution >= 0.6 is 0 Å². The first-order chi connectivity index (χ1) is 22.6. The molecule has 0 amide bonds. The number of rotatable bonds is 32. The molecule has 1 atom stereocenters. The Morgan fingerprint density at radius 3 is 1.41 bits per heavy atom. The Morgan fingerprint density at radius 1 is 0.522 bits per heavy atom. The Bertz CT molecular complexity index is 864. The molecular weight excluding hydrogens is 572 g/mol. The molecule has 0 saturated heterocycles.